The van der Waals surface area contributed by atoms with Crippen molar-refractivity contribution in [3.05, 3.63) is 89.5 Å². The molecule has 0 aliphatic heterocycles. The van der Waals surface area contributed by atoms with Crippen molar-refractivity contribution in [2.24, 2.45) is 0 Å². The van der Waals surface area contributed by atoms with Gasteiger partial charge in [-0.25, -0.2) is 9.59 Å². The second-order valence-electron chi connectivity index (χ2n) is 6.23. The van der Waals surface area contributed by atoms with Gasteiger partial charge < -0.3 is 14.2 Å². The molecule has 3 aromatic rings. The molecule has 0 saturated heterocycles. The Hall–Kier alpha value is -3.93. The average molecular weight is 390 g/mol. The summed E-state index contributed by atoms with van der Waals surface area (Å²) in [6.07, 6.45) is 0. The van der Waals surface area contributed by atoms with E-state index in [2.05, 4.69) is 0 Å². The topological polar surface area (TPSA) is 78.9 Å². The minimum Gasteiger partial charge on any atom is -0.427 e. The Balaban J connectivity index is 1.61. The maximum absolute atomic E-state index is 12.3. The third kappa shape index (κ3) is 5.52. The largest absolute Gasteiger partial charge is 0.427 e. The van der Waals surface area contributed by atoms with Crippen molar-refractivity contribution < 1.29 is 28.6 Å². The molecule has 0 aliphatic carbocycles. The number of hydrogen-bond acceptors (Lipinski definition) is 6. The predicted octanol–water partition coefficient (Wildman–Crippen LogP) is 4.36. The van der Waals surface area contributed by atoms with Crippen LogP contribution in [0.15, 0.2) is 72.8 Å². The highest BCUT2D eigenvalue weighted by atomic mass is 16.5. The summed E-state index contributed by atoms with van der Waals surface area (Å²) in [5, 5.41) is 0. The summed E-state index contributed by atoms with van der Waals surface area (Å²) in [6, 6.07) is 19.2. The smallest absolute Gasteiger partial charge is 0.343 e. The zero-order chi connectivity index (χ0) is 20.8. The summed E-state index contributed by atoms with van der Waals surface area (Å²) in [5.74, 6) is -0.432. The summed E-state index contributed by atoms with van der Waals surface area (Å²) in [7, 11) is 0. The van der Waals surface area contributed by atoms with Crippen molar-refractivity contribution >= 4 is 17.9 Å². The molecule has 0 N–H and O–H groups in total. The summed E-state index contributed by atoms with van der Waals surface area (Å²) >= 11 is 0. The monoisotopic (exact) mass is 390 g/mol. The van der Waals surface area contributed by atoms with E-state index in [4.69, 9.17) is 14.2 Å². The molecule has 0 radical (unpaired) electrons. The number of carbonyl (C=O) groups excluding carboxylic acids is 3. The molecule has 6 nitrogen and oxygen atoms in total. The highest BCUT2D eigenvalue weighted by molar-refractivity contribution is 5.94. The molecule has 0 amide bonds. The fourth-order valence-corrected chi connectivity index (χ4v) is 2.42. The molecule has 6 heteroatoms. The molecule has 146 valence electrons. The van der Waals surface area contributed by atoms with Crippen LogP contribution in [0.3, 0.4) is 0 Å². The summed E-state index contributed by atoms with van der Waals surface area (Å²) in [6.45, 7) is 3.24. The van der Waals surface area contributed by atoms with Gasteiger partial charge in [0.15, 0.2) is 0 Å². The van der Waals surface area contributed by atoms with Crippen LogP contribution in [0.2, 0.25) is 0 Å². The maximum Gasteiger partial charge on any atom is 0.343 e. The maximum atomic E-state index is 12.3. The quantitative estimate of drug-likeness (QED) is 0.476. The highest BCUT2D eigenvalue weighted by Crippen LogP contribution is 2.19. The first-order valence-corrected chi connectivity index (χ1v) is 8.80. The number of ether oxygens (including phenoxy) is 3. The van der Waals surface area contributed by atoms with Crippen molar-refractivity contribution in [3.8, 4) is 17.2 Å². The highest BCUT2D eigenvalue weighted by Gasteiger charge is 2.13. The van der Waals surface area contributed by atoms with Gasteiger partial charge in [0, 0.05) is 6.92 Å². The lowest BCUT2D eigenvalue weighted by Crippen LogP contribution is -2.11. The van der Waals surface area contributed by atoms with E-state index in [0.717, 1.165) is 5.56 Å². The van der Waals surface area contributed by atoms with Crippen molar-refractivity contribution in [3.63, 3.8) is 0 Å². The van der Waals surface area contributed by atoms with E-state index >= 15 is 0 Å². The van der Waals surface area contributed by atoms with Gasteiger partial charge in [0.25, 0.3) is 0 Å². The summed E-state index contributed by atoms with van der Waals surface area (Å²) in [4.78, 5) is 35.4. The van der Waals surface area contributed by atoms with Crippen LogP contribution in [-0.4, -0.2) is 17.9 Å². The number of hydrogen-bond donors (Lipinski definition) is 0. The van der Waals surface area contributed by atoms with Gasteiger partial charge in [-0.2, -0.15) is 0 Å². The minimum absolute atomic E-state index is 0.279. The second kappa shape index (κ2) is 8.84. The van der Waals surface area contributed by atoms with Crippen LogP contribution in [0.4, 0.5) is 0 Å². The average Bonchev–Trinajstić information content (AvgIpc) is 2.71. The molecule has 0 aromatic heterocycles. The van der Waals surface area contributed by atoms with Crippen molar-refractivity contribution in [2.75, 3.05) is 0 Å². The fourth-order valence-electron chi connectivity index (χ4n) is 2.42. The molecular weight excluding hydrogens is 372 g/mol. The molecule has 29 heavy (non-hydrogen) atoms. The van der Waals surface area contributed by atoms with Gasteiger partial charge in [-0.05, 0) is 67.6 Å². The third-order valence-corrected chi connectivity index (χ3v) is 3.88. The molecule has 0 saturated carbocycles. The molecule has 0 fully saturated rings. The Morgan fingerprint density at radius 3 is 1.28 bits per heavy atom. The first-order chi connectivity index (χ1) is 13.9. The van der Waals surface area contributed by atoms with Gasteiger partial charge >= 0.3 is 17.9 Å². The molecule has 3 aromatic carbocycles. The Morgan fingerprint density at radius 1 is 0.552 bits per heavy atom. The molecule has 3 rings (SSSR count). The Bertz CT molecular complexity index is 1020. The second-order valence-corrected chi connectivity index (χ2v) is 6.23. The van der Waals surface area contributed by atoms with E-state index < -0.39 is 17.9 Å². The van der Waals surface area contributed by atoms with Crippen LogP contribution in [0.1, 0.15) is 33.2 Å². The Labute approximate surface area is 167 Å². The van der Waals surface area contributed by atoms with Gasteiger partial charge in [-0.3, -0.25) is 4.79 Å². The van der Waals surface area contributed by atoms with Crippen LogP contribution < -0.4 is 14.2 Å². The zero-order valence-corrected chi connectivity index (χ0v) is 15.9. The molecule has 0 spiro atoms. The van der Waals surface area contributed by atoms with Gasteiger partial charge in [0.2, 0.25) is 0 Å². The number of benzene rings is 3. The van der Waals surface area contributed by atoms with E-state index in [9.17, 15) is 14.4 Å². The fraction of sp³-hybridized carbons (Fsp3) is 0.0870. The van der Waals surface area contributed by atoms with E-state index in [0.29, 0.717) is 22.8 Å². The number of esters is 3. The third-order valence-electron chi connectivity index (χ3n) is 3.88. The van der Waals surface area contributed by atoms with Crippen molar-refractivity contribution in [1.29, 1.82) is 0 Å². The molecule has 0 unspecified atom stereocenters. The lowest BCUT2D eigenvalue weighted by Gasteiger charge is -2.07. The lowest BCUT2D eigenvalue weighted by molar-refractivity contribution is -0.131. The number of rotatable bonds is 5. The lowest BCUT2D eigenvalue weighted by atomic mass is 10.1. The van der Waals surface area contributed by atoms with Gasteiger partial charge in [0.1, 0.15) is 17.2 Å². The standard InChI is InChI=1S/C23H18O6/c1-15-3-9-20(10-4-15)28-22(25)17-5-7-18(8-6-17)23(26)29-21-13-11-19(12-14-21)27-16(2)24/h3-14H,1-2H3. The SMILES string of the molecule is CC(=O)Oc1ccc(OC(=O)c2ccc(C(=O)Oc3ccc(C)cc3)cc2)cc1. The number of carbonyl (C=O) groups is 3. The normalized spacial score (nSPS) is 10.1. The molecule has 0 heterocycles. The van der Waals surface area contributed by atoms with E-state index in [1.54, 1.807) is 12.1 Å². The molecule has 0 atom stereocenters. The van der Waals surface area contributed by atoms with E-state index in [-0.39, 0.29) is 5.56 Å². The summed E-state index contributed by atoms with van der Waals surface area (Å²) in [5.41, 5.74) is 1.66. The Kier molecular flexibility index (Phi) is 6.04. The van der Waals surface area contributed by atoms with Crippen LogP contribution in [0.5, 0.6) is 17.2 Å². The van der Waals surface area contributed by atoms with Crippen molar-refractivity contribution in [2.45, 2.75) is 13.8 Å². The Morgan fingerprint density at radius 2 is 0.897 bits per heavy atom. The first-order valence-electron chi connectivity index (χ1n) is 8.80. The molecular formula is C23H18O6. The van der Waals surface area contributed by atoms with E-state index in [1.807, 2.05) is 19.1 Å². The van der Waals surface area contributed by atoms with Crippen molar-refractivity contribution in [1.82, 2.24) is 0 Å². The number of aryl methyl sites for hydroxylation is 1. The predicted molar refractivity (Wildman–Crippen MR) is 105 cm³/mol. The summed E-state index contributed by atoms with van der Waals surface area (Å²) < 4.78 is 15.5. The van der Waals surface area contributed by atoms with Crippen LogP contribution in [0.25, 0.3) is 0 Å². The zero-order valence-electron chi connectivity index (χ0n) is 15.9. The first kappa shape index (κ1) is 19.8. The molecule has 0 aliphatic rings. The van der Waals surface area contributed by atoms with Gasteiger partial charge in [-0.1, -0.05) is 17.7 Å². The van der Waals surface area contributed by atoms with Gasteiger partial charge in [0.05, 0.1) is 11.1 Å². The van der Waals surface area contributed by atoms with Crippen LogP contribution in [0, 0.1) is 6.92 Å². The van der Waals surface area contributed by atoms with E-state index in [1.165, 1.54) is 55.5 Å². The van der Waals surface area contributed by atoms with Crippen LogP contribution in [-0.2, 0) is 4.79 Å². The molecule has 0 bridgehead atoms. The van der Waals surface area contributed by atoms with Gasteiger partial charge in [-0.15, -0.1) is 0 Å². The minimum atomic E-state index is -0.580. The van der Waals surface area contributed by atoms with Crippen LogP contribution >= 0.6 is 0 Å².